The van der Waals surface area contributed by atoms with Crippen LogP contribution < -0.4 is 9.04 Å². The Balaban J connectivity index is 1.71. The predicted octanol–water partition coefficient (Wildman–Crippen LogP) is 5.36. The number of azo groups is 1. The van der Waals surface area contributed by atoms with Gasteiger partial charge < -0.3 is 14.4 Å². The van der Waals surface area contributed by atoms with Crippen LogP contribution in [0.3, 0.4) is 0 Å². The molecule has 9 nitrogen and oxygen atoms in total. The Morgan fingerprint density at radius 1 is 1.11 bits per heavy atom. The minimum absolute atomic E-state index is 0.00326. The number of rotatable bonds is 7. The lowest BCUT2D eigenvalue weighted by Crippen LogP contribution is -2.35. The molecule has 0 atom stereocenters. The minimum atomic E-state index is -4.17. The molecule has 11 heteroatoms. The van der Waals surface area contributed by atoms with Crippen LogP contribution in [0, 0.1) is 6.92 Å². The third-order valence-electron chi connectivity index (χ3n) is 5.62. The first-order chi connectivity index (χ1) is 17.1. The highest BCUT2D eigenvalue weighted by molar-refractivity contribution is 7.92. The minimum Gasteiger partial charge on any atom is -0.495 e. The van der Waals surface area contributed by atoms with E-state index in [4.69, 9.17) is 16.3 Å². The van der Waals surface area contributed by atoms with Crippen LogP contribution in [0.2, 0.25) is 5.02 Å². The van der Waals surface area contributed by atoms with Crippen molar-refractivity contribution in [3.8, 4) is 11.6 Å². The smallest absolute Gasteiger partial charge is 0.285 e. The Morgan fingerprint density at radius 3 is 2.47 bits per heavy atom. The van der Waals surface area contributed by atoms with E-state index < -0.39 is 22.5 Å². The van der Waals surface area contributed by atoms with E-state index in [1.54, 1.807) is 37.4 Å². The average molecular weight is 527 g/mol. The molecule has 0 saturated heterocycles. The topological polar surface area (TPSA) is 114 Å². The Bertz CT molecular complexity index is 1580. The zero-order chi connectivity index (χ0) is 26.0. The molecular weight excluding hydrogens is 504 g/mol. The Hall–Kier alpha value is -3.89. The highest BCUT2D eigenvalue weighted by atomic mass is 35.5. The van der Waals surface area contributed by atoms with E-state index in [0.29, 0.717) is 16.7 Å². The number of benzene rings is 3. The third-order valence-corrected chi connectivity index (χ3v) is 7.71. The van der Waals surface area contributed by atoms with Crippen LogP contribution in [0.5, 0.6) is 11.6 Å². The van der Waals surface area contributed by atoms with Gasteiger partial charge in [0, 0.05) is 12.4 Å². The summed E-state index contributed by atoms with van der Waals surface area (Å²) in [6.45, 7) is 1.19. The number of para-hydroxylation sites is 1. The van der Waals surface area contributed by atoms with E-state index in [1.807, 2.05) is 13.0 Å². The van der Waals surface area contributed by atoms with Crippen molar-refractivity contribution in [3.05, 3.63) is 77.3 Å². The fourth-order valence-corrected chi connectivity index (χ4v) is 5.34. The second kappa shape index (κ2) is 10.00. The number of anilines is 1. The predicted molar refractivity (Wildman–Crippen MR) is 138 cm³/mol. The molecule has 1 N–H and O–H groups in total. The van der Waals surface area contributed by atoms with E-state index in [0.717, 1.165) is 9.87 Å². The Morgan fingerprint density at radius 2 is 1.81 bits per heavy atom. The number of methoxy groups -OCH3 is 1. The quantitative estimate of drug-likeness (QED) is 0.326. The van der Waals surface area contributed by atoms with Crippen molar-refractivity contribution in [3.63, 3.8) is 0 Å². The lowest BCUT2D eigenvalue weighted by atomic mass is 10.2. The molecule has 36 heavy (non-hydrogen) atoms. The van der Waals surface area contributed by atoms with Gasteiger partial charge in [0.15, 0.2) is 5.69 Å². The van der Waals surface area contributed by atoms with Crippen molar-refractivity contribution in [2.45, 2.75) is 11.8 Å². The van der Waals surface area contributed by atoms with Gasteiger partial charge in [0.1, 0.15) is 12.3 Å². The molecule has 0 fully saturated rings. The zero-order valence-corrected chi connectivity index (χ0v) is 21.3. The molecule has 0 aliphatic heterocycles. The first-order valence-electron chi connectivity index (χ1n) is 10.8. The van der Waals surface area contributed by atoms with E-state index in [1.165, 1.54) is 42.0 Å². The van der Waals surface area contributed by atoms with Crippen LogP contribution in [0.25, 0.3) is 10.9 Å². The molecule has 3 aromatic carbocycles. The summed E-state index contributed by atoms with van der Waals surface area (Å²) in [6.07, 6.45) is 0. The van der Waals surface area contributed by atoms with Gasteiger partial charge in [-0.15, -0.1) is 10.2 Å². The molecule has 4 aromatic rings. The number of aryl methyl sites for hydroxylation is 2. The van der Waals surface area contributed by atoms with E-state index in [2.05, 4.69) is 10.2 Å². The van der Waals surface area contributed by atoms with Gasteiger partial charge in [0.2, 0.25) is 5.88 Å². The summed E-state index contributed by atoms with van der Waals surface area (Å²) < 4.78 is 34.7. The molecule has 0 aliphatic carbocycles. The van der Waals surface area contributed by atoms with Crippen LogP contribution in [0.15, 0.2) is 81.9 Å². The standard InChI is InChI=1S/C25H23ClN4O5S/c1-16-8-11-18(12-9-16)36(33,34)30(17-10-13-22(35-3)20(26)14-17)15-23(31)27-28-24-19-6-4-5-7-21(19)29(2)25(24)32/h4-14,32H,15H2,1-3H3. The Labute approximate surface area is 213 Å². The normalized spacial score (nSPS) is 11.8. The number of carbonyl (C=O) groups excluding carboxylic acids is 1. The van der Waals surface area contributed by atoms with Crippen LogP contribution in [-0.2, 0) is 21.9 Å². The van der Waals surface area contributed by atoms with Gasteiger partial charge >= 0.3 is 0 Å². The maximum Gasteiger partial charge on any atom is 0.285 e. The van der Waals surface area contributed by atoms with Gasteiger partial charge in [-0.05, 0) is 43.3 Å². The SMILES string of the molecule is COc1ccc(N(CC(=O)N=Nc2c(O)n(C)c3ccccc23)S(=O)(=O)c2ccc(C)cc2)cc1Cl. The molecule has 0 aliphatic rings. The number of halogens is 1. The monoisotopic (exact) mass is 526 g/mol. The number of carbonyl (C=O) groups is 1. The van der Waals surface area contributed by atoms with Crippen LogP contribution in [0.1, 0.15) is 5.56 Å². The molecule has 1 heterocycles. The lowest BCUT2D eigenvalue weighted by molar-refractivity contribution is -0.116. The van der Waals surface area contributed by atoms with Crippen molar-refractivity contribution >= 4 is 49.8 Å². The van der Waals surface area contributed by atoms with Crippen molar-refractivity contribution in [2.24, 2.45) is 17.3 Å². The summed E-state index contributed by atoms with van der Waals surface area (Å²) in [5.74, 6) is -0.658. The van der Waals surface area contributed by atoms with Crippen molar-refractivity contribution in [1.82, 2.24) is 4.57 Å². The number of hydrogen-bond acceptors (Lipinski definition) is 6. The summed E-state index contributed by atoms with van der Waals surface area (Å²) in [5.41, 5.74) is 1.85. The molecule has 0 unspecified atom stereocenters. The highest BCUT2D eigenvalue weighted by Gasteiger charge is 2.28. The fourth-order valence-electron chi connectivity index (χ4n) is 3.68. The number of hydrogen-bond donors (Lipinski definition) is 1. The van der Waals surface area contributed by atoms with Gasteiger partial charge in [-0.25, -0.2) is 8.42 Å². The zero-order valence-electron chi connectivity index (χ0n) is 19.7. The first-order valence-corrected chi connectivity index (χ1v) is 12.6. The first kappa shape index (κ1) is 25.2. The van der Waals surface area contributed by atoms with Gasteiger partial charge in [-0.2, -0.15) is 0 Å². The van der Waals surface area contributed by atoms with E-state index in [9.17, 15) is 18.3 Å². The second-order valence-electron chi connectivity index (χ2n) is 7.99. The summed E-state index contributed by atoms with van der Waals surface area (Å²) >= 11 is 6.24. The summed E-state index contributed by atoms with van der Waals surface area (Å²) in [6, 6.07) is 17.7. The number of sulfonamides is 1. The number of aromatic hydroxyl groups is 1. The molecule has 4 rings (SSSR count). The van der Waals surface area contributed by atoms with Crippen LogP contribution in [0.4, 0.5) is 11.4 Å². The number of aromatic nitrogens is 1. The van der Waals surface area contributed by atoms with E-state index >= 15 is 0 Å². The number of ether oxygens (including phenoxy) is 1. The Kier molecular flexibility index (Phi) is 7.00. The summed E-state index contributed by atoms with van der Waals surface area (Å²) in [5, 5.41) is 18.9. The molecule has 186 valence electrons. The molecular formula is C25H23ClN4O5S. The number of nitrogens with zero attached hydrogens (tertiary/aromatic N) is 4. The highest BCUT2D eigenvalue weighted by Crippen LogP contribution is 2.38. The van der Waals surface area contributed by atoms with Crippen molar-refractivity contribution in [1.29, 1.82) is 0 Å². The second-order valence-corrected chi connectivity index (χ2v) is 10.3. The fraction of sp³-hybridized carbons (Fsp3) is 0.160. The number of fused-ring (bicyclic) bond motifs is 1. The molecule has 0 radical (unpaired) electrons. The molecule has 1 aromatic heterocycles. The lowest BCUT2D eigenvalue weighted by Gasteiger charge is -2.23. The largest absolute Gasteiger partial charge is 0.495 e. The summed E-state index contributed by atoms with van der Waals surface area (Å²) in [4.78, 5) is 12.9. The maximum atomic E-state index is 13.5. The van der Waals surface area contributed by atoms with Crippen LogP contribution >= 0.6 is 11.6 Å². The van der Waals surface area contributed by atoms with Gasteiger partial charge in [0.25, 0.3) is 15.9 Å². The summed E-state index contributed by atoms with van der Waals surface area (Å²) in [7, 11) is -1.07. The molecule has 0 bridgehead atoms. The average Bonchev–Trinajstić information content (AvgIpc) is 3.11. The van der Waals surface area contributed by atoms with Crippen molar-refractivity contribution < 1.29 is 23.1 Å². The number of amides is 1. The molecule has 0 saturated carbocycles. The third kappa shape index (κ3) is 4.77. The maximum absolute atomic E-state index is 13.5. The van der Waals surface area contributed by atoms with E-state index in [-0.39, 0.29) is 27.2 Å². The molecule has 1 amide bonds. The van der Waals surface area contributed by atoms with Gasteiger partial charge in [-0.1, -0.05) is 47.5 Å². The van der Waals surface area contributed by atoms with Gasteiger partial charge in [-0.3, -0.25) is 9.10 Å². The molecule has 0 spiro atoms. The van der Waals surface area contributed by atoms with Crippen molar-refractivity contribution in [2.75, 3.05) is 18.0 Å². The van der Waals surface area contributed by atoms with Gasteiger partial charge in [0.05, 0.1) is 28.2 Å². The van der Waals surface area contributed by atoms with Crippen LogP contribution in [-0.4, -0.2) is 37.7 Å².